The molecule has 0 aromatic carbocycles. The summed E-state index contributed by atoms with van der Waals surface area (Å²) in [6.07, 6.45) is 5.79. The maximum absolute atomic E-state index is 5.18. The van der Waals surface area contributed by atoms with Crippen LogP contribution in [0.25, 0.3) is 0 Å². The van der Waals surface area contributed by atoms with Gasteiger partial charge in [-0.05, 0) is 29.3 Å². The minimum absolute atomic E-state index is 0.307. The first-order valence-corrected chi connectivity index (χ1v) is 7.30. The molecule has 2 aromatic heterocycles. The summed E-state index contributed by atoms with van der Waals surface area (Å²) in [7, 11) is 1.60. The van der Waals surface area contributed by atoms with E-state index in [9.17, 15) is 0 Å². The van der Waals surface area contributed by atoms with Crippen LogP contribution in [-0.2, 0) is 13.0 Å². The molecule has 3 rings (SSSR count). The number of methoxy groups -OCH3 is 1. The van der Waals surface area contributed by atoms with Crippen molar-refractivity contribution in [1.82, 2.24) is 19.5 Å². The number of anilines is 1. The lowest BCUT2D eigenvalue weighted by Crippen LogP contribution is -2.31. The molecule has 0 amide bonds. The SMILES string of the molecule is COc1nc(NC2CCc3nc(C)cn3C2)ncc1Br. The highest BCUT2D eigenvalue weighted by molar-refractivity contribution is 9.10. The number of aromatic nitrogens is 4. The van der Waals surface area contributed by atoms with Gasteiger partial charge >= 0.3 is 0 Å². The van der Waals surface area contributed by atoms with Crippen LogP contribution in [0.4, 0.5) is 5.95 Å². The number of fused-ring (bicyclic) bond motifs is 1. The molecule has 2 aromatic rings. The molecule has 0 saturated heterocycles. The lowest BCUT2D eigenvalue weighted by molar-refractivity contribution is 0.393. The van der Waals surface area contributed by atoms with E-state index in [1.165, 1.54) is 0 Å². The van der Waals surface area contributed by atoms with Crippen molar-refractivity contribution >= 4 is 21.9 Å². The van der Waals surface area contributed by atoms with E-state index in [0.717, 1.165) is 35.4 Å². The molecule has 1 aliphatic rings. The summed E-state index contributed by atoms with van der Waals surface area (Å²) in [4.78, 5) is 13.1. The highest BCUT2D eigenvalue weighted by Gasteiger charge is 2.20. The maximum Gasteiger partial charge on any atom is 0.232 e. The quantitative estimate of drug-likeness (QED) is 0.929. The maximum atomic E-state index is 5.18. The fourth-order valence-electron chi connectivity index (χ4n) is 2.45. The molecule has 0 saturated carbocycles. The van der Waals surface area contributed by atoms with Crippen LogP contribution < -0.4 is 10.1 Å². The Hall–Kier alpha value is -1.63. The first kappa shape index (κ1) is 13.4. The van der Waals surface area contributed by atoms with E-state index in [-0.39, 0.29) is 0 Å². The third-order valence-corrected chi connectivity index (χ3v) is 3.90. The van der Waals surface area contributed by atoms with Crippen LogP contribution in [0.1, 0.15) is 17.9 Å². The predicted octanol–water partition coefficient (Wildman–Crippen LogP) is 2.18. The van der Waals surface area contributed by atoms with Crippen molar-refractivity contribution in [2.24, 2.45) is 0 Å². The molecule has 0 radical (unpaired) electrons. The van der Waals surface area contributed by atoms with Gasteiger partial charge < -0.3 is 14.6 Å². The van der Waals surface area contributed by atoms with Gasteiger partial charge in [0.2, 0.25) is 11.8 Å². The molecule has 0 aliphatic carbocycles. The molecule has 0 spiro atoms. The van der Waals surface area contributed by atoms with Crippen LogP contribution in [0.15, 0.2) is 16.9 Å². The Balaban J connectivity index is 1.73. The summed E-state index contributed by atoms with van der Waals surface area (Å²) < 4.78 is 8.13. The van der Waals surface area contributed by atoms with Crippen molar-refractivity contribution in [2.45, 2.75) is 32.4 Å². The largest absolute Gasteiger partial charge is 0.480 e. The summed E-state index contributed by atoms with van der Waals surface area (Å²) in [5.41, 5.74) is 1.07. The molecular weight excluding hydrogens is 322 g/mol. The summed E-state index contributed by atoms with van der Waals surface area (Å²) in [5, 5.41) is 3.36. The predicted molar refractivity (Wildman–Crippen MR) is 79.0 cm³/mol. The molecule has 6 nitrogen and oxygen atoms in total. The van der Waals surface area contributed by atoms with E-state index in [2.05, 4.69) is 47.0 Å². The number of rotatable bonds is 3. The third-order valence-electron chi connectivity index (χ3n) is 3.35. The minimum Gasteiger partial charge on any atom is -0.480 e. The second-order valence-corrected chi connectivity index (χ2v) is 5.74. The number of imidazole rings is 1. The lowest BCUT2D eigenvalue weighted by atomic mass is 10.1. The Kier molecular flexibility index (Phi) is 3.60. The van der Waals surface area contributed by atoms with Crippen molar-refractivity contribution < 1.29 is 4.74 Å². The van der Waals surface area contributed by atoms with E-state index in [1.54, 1.807) is 13.3 Å². The average molecular weight is 338 g/mol. The number of aryl methyl sites for hydroxylation is 2. The summed E-state index contributed by atoms with van der Waals surface area (Å²) in [6.45, 7) is 2.91. The van der Waals surface area contributed by atoms with Gasteiger partial charge in [0.1, 0.15) is 5.82 Å². The zero-order chi connectivity index (χ0) is 14.1. The van der Waals surface area contributed by atoms with Crippen LogP contribution in [0.3, 0.4) is 0 Å². The molecular formula is C13H16BrN5O. The molecule has 0 bridgehead atoms. The van der Waals surface area contributed by atoms with Gasteiger partial charge in [0.05, 0.1) is 23.5 Å². The van der Waals surface area contributed by atoms with Gasteiger partial charge in [-0.3, -0.25) is 0 Å². The highest BCUT2D eigenvalue weighted by atomic mass is 79.9. The summed E-state index contributed by atoms with van der Waals surface area (Å²) in [5.74, 6) is 2.29. The zero-order valence-corrected chi connectivity index (χ0v) is 13.0. The zero-order valence-electron chi connectivity index (χ0n) is 11.4. The first-order chi connectivity index (χ1) is 9.65. The number of ether oxygens (including phenoxy) is 1. The molecule has 1 atom stereocenters. The van der Waals surface area contributed by atoms with Gasteiger partial charge in [-0.1, -0.05) is 0 Å². The van der Waals surface area contributed by atoms with Crippen LogP contribution in [0.2, 0.25) is 0 Å². The van der Waals surface area contributed by atoms with Crippen molar-refractivity contribution in [3.63, 3.8) is 0 Å². The van der Waals surface area contributed by atoms with Crippen LogP contribution in [-0.4, -0.2) is 32.7 Å². The first-order valence-electron chi connectivity index (χ1n) is 6.51. The Morgan fingerprint density at radius 1 is 1.45 bits per heavy atom. The molecule has 1 N–H and O–H groups in total. The molecule has 0 fully saturated rings. The molecule has 106 valence electrons. The van der Waals surface area contributed by atoms with E-state index in [4.69, 9.17) is 4.74 Å². The highest BCUT2D eigenvalue weighted by Crippen LogP contribution is 2.23. The average Bonchev–Trinajstić information content (AvgIpc) is 2.80. The van der Waals surface area contributed by atoms with Crippen LogP contribution >= 0.6 is 15.9 Å². The summed E-state index contributed by atoms with van der Waals surface area (Å²) in [6, 6.07) is 0.307. The van der Waals surface area contributed by atoms with Crippen molar-refractivity contribution in [2.75, 3.05) is 12.4 Å². The smallest absolute Gasteiger partial charge is 0.232 e. The van der Waals surface area contributed by atoms with E-state index in [1.807, 2.05) is 6.92 Å². The lowest BCUT2D eigenvalue weighted by Gasteiger charge is -2.24. The molecule has 1 aliphatic heterocycles. The molecule has 20 heavy (non-hydrogen) atoms. The topological polar surface area (TPSA) is 64.9 Å². The van der Waals surface area contributed by atoms with E-state index in [0.29, 0.717) is 17.9 Å². The van der Waals surface area contributed by atoms with E-state index < -0.39 is 0 Å². The van der Waals surface area contributed by atoms with Crippen molar-refractivity contribution in [1.29, 1.82) is 0 Å². The Labute approximate surface area is 125 Å². The Morgan fingerprint density at radius 2 is 2.30 bits per heavy atom. The van der Waals surface area contributed by atoms with Gasteiger partial charge in [-0.25, -0.2) is 9.97 Å². The van der Waals surface area contributed by atoms with Gasteiger partial charge in [-0.15, -0.1) is 0 Å². The van der Waals surface area contributed by atoms with Crippen LogP contribution in [0.5, 0.6) is 5.88 Å². The number of halogens is 1. The Morgan fingerprint density at radius 3 is 3.10 bits per heavy atom. The van der Waals surface area contributed by atoms with Gasteiger partial charge in [0, 0.05) is 25.2 Å². The standard InChI is InChI=1S/C13H16BrN5O/c1-8-6-19-7-9(3-4-11(19)16-8)17-13-15-5-10(14)12(18-13)20-2/h5-6,9H,3-4,7H2,1-2H3,(H,15,17,18). The Bertz CT molecular complexity index is 627. The van der Waals surface area contributed by atoms with Gasteiger partial charge in [0.25, 0.3) is 0 Å². The number of nitrogens with one attached hydrogen (secondary N) is 1. The van der Waals surface area contributed by atoms with Gasteiger partial charge in [-0.2, -0.15) is 4.98 Å². The monoisotopic (exact) mass is 337 g/mol. The normalized spacial score (nSPS) is 17.6. The minimum atomic E-state index is 0.307. The fraction of sp³-hybridized carbons (Fsp3) is 0.462. The molecule has 7 heteroatoms. The second-order valence-electron chi connectivity index (χ2n) is 4.88. The van der Waals surface area contributed by atoms with Crippen molar-refractivity contribution in [3.05, 3.63) is 28.4 Å². The van der Waals surface area contributed by atoms with Crippen molar-refractivity contribution in [3.8, 4) is 5.88 Å². The molecule has 1 unspecified atom stereocenters. The summed E-state index contributed by atoms with van der Waals surface area (Å²) >= 11 is 3.35. The number of nitrogens with zero attached hydrogens (tertiary/aromatic N) is 4. The van der Waals surface area contributed by atoms with Gasteiger partial charge in [0.15, 0.2) is 0 Å². The third kappa shape index (κ3) is 2.63. The number of hydrogen-bond donors (Lipinski definition) is 1. The molecule has 3 heterocycles. The van der Waals surface area contributed by atoms with E-state index >= 15 is 0 Å². The number of hydrogen-bond acceptors (Lipinski definition) is 5. The second kappa shape index (κ2) is 5.40. The fourth-order valence-corrected chi connectivity index (χ4v) is 2.80. The van der Waals surface area contributed by atoms with Crippen LogP contribution in [0, 0.1) is 6.92 Å².